The second-order valence-electron chi connectivity index (χ2n) is 5.05. The number of aromatic amines is 1. The Bertz CT molecular complexity index is 935. The quantitative estimate of drug-likeness (QED) is 0.379. The lowest BCUT2D eigenvalue weighted by Gasteiger charge is -2.02. The number of hydrogen-bond donors (Lipinski definition) is 2. The summed E-state index contributed by atoms with van der Waals surface area (Å²) in [4.78, 5) is 30.9. The number of benzene rings is 1. The number of rotatable bonds is 6. The van der Waals surface area contributed by atoms with Crippen LogP contribution in [0.5, 0.6) is 0 Å². The normalized spacial score (nSPS) is 11.0. The summed E-state index contributed by atoms with van der Waals surface area (Å²) in [6, 6.07) is 7.32. The molecule has 2 aromatic heterocycles. The molecule has 5 nitrogen and oxygen atoms in total. The minimum atomic E-state index is -0.821. The van der Waals surface area contributed by atoms with Crippen LogP contribution < -0.4 is 5.56 Å². The van der Waals surface area contributed by atoms with Gasteiger partial charge in [0.1, 0.15) is 4.83 Å². The zero-order valence-corrected chi connectivity index (χ0v) is 14.8. The number of hydrogen-bond acceptors (Lipinski definition) is 5. The third-order valence-corrected chi connectivity index (χ3v) is 5.43. The van der Waals surface area contributed by atoms with Gasteiger partial charge in [-0.2, -0.15) is 0 Å². The number of aliphatic carboxylic acids is 1. The van der Waals surface area contributed by atoms with E-state index in [4.69, 9.17) is 16.7 Å². The SMILES string of the molecule is O=C(O)CCCSc1nc2scc(-c3ccc(Cl)cc3)c2c(=O)[nH]1. The Kier molecular flexibility index (Phi) is 5.23. The monoisotopic (exact) mass is 380 g/mol. The fraction of sp³-hybridized carbons (Fsp3) is 0.188. The maximum Gasteiger partial charge on any atom is 0.303 e. The second-order valence-corrected chi connectivity index (χ2v) is 7.43. The summed E-state index contributed by atoms with van der Waals surface area (Å²) in [5.74, 6) is -0.228. The van der Waals surface area contributed by atoms with Crippen LogP contribution in [0.2, 0.25) is 5.02 Å². The van der Waals surface area contributed by atoms with Crippen LogP contribution in [0.4, 0.5) is 0 Å². The molecule has 0 saturated heterocycles. The highest BCUT2D eigenvalue weighted by atomic mass is 35.5. The van der Waals surface area contributed by atoms with Crippen LogP contribution in [0, 0.1) is 0 Å². The first kappa shape index (κ1) is 17.0. The Morgan fingerprint density at radius 3 is 2.79 bits per heavy atom. The van der Waals surface area contributed by atoms with Crippen molar-refractivity contribution < 1.29 is 9.90 Å². The first-order chi connectivity index (χ1) is 11.5. The van der Waals surface area contributed by atoms with E-state index in [2.05, 4.69) is 9.97 Å². The van der Waals surface area contributed by atoms with Crippen LogP contribution in [0.3, 0.4) is 0 Å². The van der Waals surface area contributed by atoms with E-state index in [0.29, 0.717) is 32.6 Å². The second kappa shape index (κ2) is 7.38. The molecular weight excluding hydrogens is 368 g/mol. The molecule has 24 heavy (non-hydrogen) atoms. The van der Waals surface area contributed by atoms with Gasteiger partial charge in [-0.05, 0) is 24.1 Å². The number of nitrogens with one attached hydrogen (secondary N) is 1. The van der Waals surface area contributed by atoms with Gasteiger partial charge >= 0.3 is 5.97 Å². The van der Waals surface area contributed by atoms with Gasteiger partial charge in [-0.15, -0.1) is 11.3 Å². The fourth-order valence-electron chi connectivity index (χ4n) is 2.23. The number of carboxylic acids is 1. The fourth-order valence-corrected chi connectivity index (χ4v) is 4.17. The molecule has 0 aliphatic heterocycles. The molecule has 0 fully saturated rings. The number of nitrogens with zero attached hydrogens (tertiary/aromatic N) is 1. The van der Waals surface area contributed by atoms with Crippen molar-refractivity contribution in [1.82, 2.24) is 9.97 Å². The molecular formula is C16H13ClN2O3S2. The summed E-state index contributed by atoms with van der Waals surface area (Å²) in [5.41, 5.74) is 1.56. The van der Waals surface area contributed by atoms with Gasteiger partial charge in [0, 0.05) is 28.1 Å². The number of carboxylic acid groups (broad SMARTS) is 1. The third kappa shape index (κ3) is 3.80. The maximum atomic E-state index is 12.4. The number of carbonyl (C=O) groups is 1. The highest BCUT2D eigenvalue weighted by molar-refractivity contribution is 7.99. The van der Waals surface area contributed by atoms with E-state index in [1.165, 1.54) is 23.1 Å². The molecule has 124 valence electrons. The maximum absolute atomic E-state index is 12.4. The van der Waals surface area contributed by atoms with Crippen LogP contribution in [-0.2, 0) is 4.79 Å². The number of H-pyrrole nitrogens is 1. The Balaban J connectivity index is 1.87. The van der Waals surface area contributed by atoms with Gasteiger partial charge in [0.2, 0.25) is 0 Å². The molecule has 2 heterocycles. The van der Waals surface area contributed by atoms with E-state index in [-0.39, 0.29) is 12.0 Å². The predicted molar refractivity (Wildman–Crippen MR) is 98.3 cm³/mol. The van der Waals surface area contributed by atoms with Crippen molar-refractivity contribution in [3.8, 4) is 11.1 Å². The highest BCUT2D eigenvalue weighted by Crippen LogP contribution is 2.32. The van der Waals surface area contributed by atoms with Crippen LogP contribution in [0.1, 0.15) is 12.8 Å². The molecule has 1 aromatic carbocycles. The first-order valence-corrected chi connectivity index (χ1v) is 9.41. The van der Waals surface area contributed by atoms with E-state index < -0.39 is 5.97 Å². The van der Waals surface area contributed by atoms with Crippen LogP contribution in [0.15, 0.2) is 39.6 Å². The lowest BCUT2D eigenvalue weighted by atomic mass is 10.1. The molecule has 0 unspecified atom stereocenters. The van der Waals surface area contributed by atoms with Crippen LogP contribution in [0.25, 0.3) is 21.3 Å². The molecule has 3 rings (SSSR count). The van der Waals surface area contributed by atoms with Gasteiger partial charge < -0.3 is 10.1 Å². The average Bonchev–Trinajstić information content (AvgIpc) is 2.97. The van der Waals surface area contributed by atoms with Crippen molar-refractivity contribution in [2.24, 2.45) is 0 Å². The number of aromatic nitrogens is 2. The summed E-state index contributed by atoms with van der Waals surface area (Å²) < 4.78 is 0. The van der Waals surface area contributed by atoms with E-state index in [9.17, 15) is 9.59 Å². The van der Waals surface area contributed by atoms with Crippen molar-refractivity contribution in [3.63, 3.8) is 0 Å². The molecule has 0 aliphatic carbocycles. The van der Waals surface area contributed by atoms with Crippen molar-refractivity contribution in [2.75, 3.05) is 5.75 Å². The zero-order chi connectivity index (χ0) is 17.1. The smallest absolute Gasteiger partial charge is 0.303 e. The minimum absolute atomic E-state index is 0.110. The third-order valence-electron chi connectivity index (χ3n) is 3.35. The Hall–Kier alpha value is -1.83. The van der Waals surface area contributed by atoms with E-state index in [0.717, 1.165) is 11.1 Å². The molecule has 0 bridgehead atoms. The highest BCUT2D eigenvalue weighted by Gasteiger charge is 2.13. The Labute approximate surface area is 150 Å². The summed E-state index contributed by atoms with van der Waals surface area (Å²) in [6.07, 6.45) is 0.640. The van der Waals surface area contributed by atoms with Gasteiger partial charge in [-0.3, -0.25) is 9.59 Å². The van der Waals surface area contributed by atoms with Gasteiger partial charge in [0.25, 0.3) is 5.56 Å². The lowest BCUT2D eigenvalue weighted by molar-refractivity contribution is -0.137. The van der Waals surface area contributed by atoms with Crippen molar-refractivity contribution in [1.29, 1.82) is 0 Å². The standard InChI is InChI=1S/C16H13ClN2O3S2/c17-10-5-3-9(4-6-10)11-8-24-15-13(11)14(22)18-16(19-15)23-7-1-2-12(20)21/h3-6,8H,1-2,7H2,(H,20,21)(H,18,19,22). The zero-order valence-electron chi connectivity index (χ0n) is 12.4. The average molecular weight is 381 g/mol. The number of thioether (sulfide) groups is 1. The largest absolute Gasteiger partial charge is 0.481 e. The molecule has 0 amide bonds. The van der Waals surface area contributed by atoms with E-state index >= 15 is 0 Å². The number of fused-ring (bicyclic) bond motifs is 1. The summed E-state index contributed by atoms with van der Waals surface area (Å²) in [5, 5.41) is 12.3. The minimum Gasteiger partial charge on any atom is -0.481 e. The molecule has 0 spiro atoms. The van der Waals surface area contributed by atoms with E-state index in [1.807, 2.05) is 17.5 Å². The molecule has 0 aliphatic rings. The van der Waals surface area contributed by atoms with Gasteiger partial charge in [-0.1, -0.05) is 35.5 Å². The van der Waals surface area contributed by atoms with Crippen LogP contribution in [-0.4, -0.2) is 26.8 Å². The van der Waals surface area contributed by atoms with Crippen molar-refractivity contribution in [2.45, 2.75) is 18.0 Å². The van der Waals surface area contributed by atoms with E-state index in [1.54, 1.807) is 12.1 Å². The lowest BCUT2D eigenvalue weighted by Crippen LogP contribution is -2.08. The number of halogens is 1. The van der Waals surface area contributed by atoms with Gasteiger partial charge in [0.15, 0.2) is 5.16 Å². The van der Waals surface area contributed by atoms with Gasteiger partial charge in [0.05, 0.1) is 5.39 Å². The molecule has 0 atom stereocenters. The van der Waals surface area contributed by atoms with Gasteiger partial charge in [-0.25, -0.2) is 4.98 Å². The number of thiophene rings is 1. The van der Waals surface area contributed by atoms with Crippen LogP contribution >= 0.6 is 34.7 Å². The first-order valence-electron chi connectivity index (χ1n) is 7.16. The predicted octanol–water partition coefficient (Wildman–Crippen LogP) is 4.26. The molecule has 3 aromatic rings. The van der Waals surface area contributed by atoms with Crippen molar-refractivity contribution in [3.05, 3.63) is 45.0 Å². The molecule has 8 heteroatoms. The van der Waals surface area contributed by atoms with Crippen molar-refractivity contribution >= 4 is 50.9 Å². The molecule has 0 saturated carbocycles. The summed E-state index contributed by atoms with van der Waals surface area (Å²) >= 11 is 8.68. The summed E-state index contributed by atoms with van der Waals surface area (Å²) in [6.45, 7) is 0. The topological polar surface area (TPSA) is 83.0 Å². The molecule has 0 radical (unpaired) electrons. The summed E-state index contributed by atoms with van der Waals surface area (Å²) in [7, 11) is 0. The molecule has 2 N–H and O–H groups in total. The Morgan fingerprint density at radius 2 is 2.08 bits per heavy atom. The Morgan fingerprint density at radius 1 is 1.33 bits per heavy atom.